The number of rotatable bonds is 4. The molecule has 2 rings (SSSR count). The van der Waals surface area contributed by atoms with Crippen LogP contribution in [0.15, 0.2) is 5.38 Å². The van der Waals surface area contributed by atoms with Crippen molar-refractivity contribution in [1.82, 2.24) is 9.88 Å². The van der Waals surface area contributed by atoms with Crippen LogP contribution in [-0.4, -0.2) is 46.6 Å². The normalized spacial score (nSPS) is 19.2. The van der Waals surface area contributed by atoms with Crippen LogP contribution >= 0.6 is 11.3 Å². The van der Waals surface area contributed by atoms with Gasteiger partial charge in [0.15, 0.2) is 0 Å². The van der Waals surface area contributed by atoms with Gasteiger partial charge < -0.3 is 14.7 Å². The van der Waals surface area contributed by atoms with Gasteiger partial charge in [0.25, 0.3) is 5.91 Å². The van der Waals surface area contributed by atoms with Crippen molar-refractivity contribution in [3.8, 4) is 0 Å². The number of amides is 1. The minimum atomic E-state index is -0.951. The number of hydrogen-bond donors (Lipinski definition) is 1. The molecule has 1 aliphatic rings. The van der Waals surface area contributed by atoms with Gasteiger partial charge in [-0.2, -0.15) is 0 Å². The molecule has 0 unspecified atom stereocenters. The van der Waals surface area contributed by atoms with E-state index < -0.39 is 12.0 Å². The van der Waals surface area contributed by atoms with Gasteiger partial charge in [0.1, 0.15) is 16.7 Å². The standard InChI is InChI=1S/C11H14N2O4S/c1-17-5-9-12-7(6-18-9)10(14)13-4-2-3-8(13)11(15)16/h6,8H,2-5H2,1H3,(H,15,16)/t8-/m0/s1. The summed E-state index contributed by atoms with van der Waals surface area (Å²) in [6.07, 6.45) is 1.23. The van der Waals surface area contributed by atoms with Crippen LogP contribution in [0.4, 0.5) is 0 Å². The zero-order valence-electron chi connectivity index (χ0n) is 9.96. The van der Waals surface area contributed by atoms with E-state index in [-0.39, 0.29) is 5.91 Å². The summed E-state index contributed by atoms with van der Waals surface area (Å²) in [5.41, 5.74) is 0.306. The molecular formula is C11H14N2O4S. The molecule has 1 saturated heterocycles. The van der Waals surface area contributed by atoms with Crippen molar-refractivity contribution in [2.75, 3.05) is 13.7 Å². The highest BCUT2D eigenvalue weighted by Gasteiger charge is 2.35. The summed E-state index contributed by atoms with van der Waals surface area (Å²) in [6.45, 7) is 0.841. The molecule has 0 saturated carbocycles. The number of hydrogen-bond acceptors (Lipinski definition) is 5. The number of thiazole rings is 1. The number of likely N-dealkylation sites (tertiary alicyclic amines) is 1. The highest BCUT2D eigenvalue weighted by atomic mass is 32.1. The van der Waals surface area contributed by atoms with Crippen LogP contribution in [-0.2, 0) is 16.1 Å². The molecule has 1 aromatic heterocycles. The van der Waals surface area contributed by atoms with Crippen LogP contribution in [0.25, 0.3) is 0 Å². The lowest BCUT2D eigenvalue weighted by Crippen LogP contribution is -2.40. The van der Waals surface area contributed by atoms with Gasteiger partial charge in [-0.05, 0) is 12.8 Å². The second-order valence-electron chi connectivity index (χ2n) is 4.05. The molecule has 2 heterocycles. The maximum atomic E-state index is 12.1. The van der Waals surface area contributed by atoms with Crippen molar-refractivity contribution in [1.29, 1.82) is 0 Å². The highest BCUT2D eigenvalue weighted by molar-refractivity contribution is 7.09. The molecule has 1 fully saturated rings. The van der Waals surface area contributed by atoms with E-state index in [0.717, 1.165) is 6.42 Å². The molecule has 0 spiro atoms. The molecule has 0 aliphatic carbocycles. The Morgan fingerprint density at radius 1 is 1.67 bits per heavy atom. The third-order valence-electron chi connectivity index (χ3n) is 2.84. The first-order valence-electron chi connectivity index (χ1n) is 5.60. The van der Waals surface area contributed by atoms with Gasteiger partial charge in [-0.3, -0.25) is 4.79 Å². The number of methoxy groups -OCH3 is 1. The van der Waals surface area contributed by atoms with Crippen LogP contribution < -0.4 is 0 Å². The lowest BCUT2D eigenvalue weighted by atomic mass is 10.2. The predicted molar refractivity (Wildman–Crippen MR) is 64.5 cm³/mol. The van der Waals surface area contributed by atoms with Crippen LogP contribution in [0.5, 0.6) is 0 Å². The van der Waals surface area contributed by atoms with E-state index in [1.54, 1.807) is 12.5 Å². The Kier molecular flexibility index (Phi) is 3.93. The molecule has 6 nitrogen and oxygen atoms in total. The monoisotopic (exact) mass is 270 g/mol. The Bertz CT molecular complexity index is 460. The Balaban J connectivity index is 2.12. The van der Waals surface area contributed by atoms with E-state index in [9.17, 15) is 9.59 Å². The Morgan fingerprint density at radius 3 is 3.11 bits per heavy atom. The van der Waals surface area contributed by atoms with Crippen LogP contribution in [0.1, 0.15) is 28.3 Å². The van der Waals surface area contributed by atoms with Crippen molar-refractivity contribution in [3.05, 3.63) is 16.1 Å². The van der Waals surface area contributed by atoms with Gasteiger partial charge in [0.05, 0.1) is 6.61 Å². The molecule has 1 aromatic rings. The molecule has 0 radical (unpaired) electrons. The van der Waals surface area contributed by atoms with Gasteiger partial charge in [-0.25, -0.2) is 9.78 Å². The van der Waals surface area contributed by atoms with E-state index in [1.165, 1.54) is 16.2 Å². The summed E-state index contributed by atoms with van der Waals surface area (Å²) in [6, 6.07) is -0.718. The Labute approximate surface area is 108 Å². The lowest BCUT2D eigenvalue weighted by Gasteiger charge is -2.20. The van der Waals surface area contributed by atoms with E-state index in [0.29, 0.717) is 30.3 Å². The Hall–Kier alpha value is -1.47. The lowest BCUT2D eigenvalue weighted by molar-refractivity contribution is -0.141. The van der Waals surface area contributed by atoms with E-state index in [1.807, 2.05) is 0 Å². The van der Waals surface area contributed by atoms with Crippen molar-refractivity contribution in [2.24, 2.45) is 0 Å². The van der Waals surface area contributed by atoms with Crippen LogP contribution in [0.2, 0.25) is 0 Å². The average Bonchev–Trinajstić information content (AvgIpc) is 2.96. The molecule has 1 aliphatic heterocycles. The van der Waals surface area contributed by atoms with Crippen LogP contribution in [0.3, 0.4) is 0 Å². The fourth-order valence-corrected chi connectivity index (χ4v) is 2.75. The summed E-state index contributed by atoms with van der Waals surface area (Å²) >= 11 is 1.34. The molecule has 0 aromatic carbocycles. The average molecular weight is 270 g/mol. The number of nitrogens with zero attached hydrogens (tertiary/aromatic N) is 2. The quantitative estimate of drug-likeness (QED) is 0.882. The van der Waals surface area contributed by atoms with Crippen LogP contribution in [0, 0.1) is 0 Å². The molecule has 18 heavy (non-hydrogen) atoms. The fraction of sp³-hybridized carbons (Fsp3) is 0.545. The van der Waals surface area contributed by atoms with Crippen molar-refractivity contribution in [3.63, 3.8) is 0 Å². The number of carbonyl (C=O) groups is 2. The van der Waals surface area contributed by atoms with Gasteiger partial charge in [0, 0.05) is 19.0 Å². The summed E-state index contributed by atoms with van der Waals surface area (Å²) in [5, 5.41) is 11.4. The molecular weight excluding hydrogens is 256 g/mol. The third-order valence-corrected chi connectivity index (χ3v) is 3.66. The van der Waals surface area contributed by atoms with Gasteiger partial charge in [0.2, 0.25) is 0 Å². The number of carboxylic acids is 1. The van der Waals surface area contributed by atoms with Crippen molar-refractivity contribution in [2.45, 2.75) is 25.5 Å². The maximum Gasteiger partial charge on any atom is 0.326 e. The largest absolute Gasteiger partial charge is 0.480 e. The zero-order chi connectivity index (χ0) is 13.1. The highest BCUT2D eigenvalue weighted by Crippen LogP contribution is 2.21. The molecule has 7 heteroatoms. The maximum absolute atomic E-state index is 12.1. The first kappa shape index (κ1) is 13.0. The molecule has 0 bridgehead atoms. The third kappa shape index (κ3) is 2.51. The SMILES string of the molecule is COCc1nc(C(=O)N2CCC[C@H]2C(=O)O)cs1. The first-order valence-corrected chi connectivity index (χ1v) is 6.48. The fourth-order valence-electron chi connectivity index (χ4n) is 2.01. The number of carbonyl (C=O) groups excluding carboxylic acids is 1. The van der Waals surface area contributed by atoms with Crippen molar-refractivity contribution < 1.29 is 19.4 Å². The summed E-state index contributed by atoms with van der Waals surface area (Å²) in [5.74, 6) is -1.26. The van der Waals surface area contributed by atoms with E-state index in [4.69, 9.17) is 9.84 Å². The van der Waals surface area contributed by atoms with Gasteiger partial charge in [-0.1, -0.05) is 0 Å². The number of ether oxygens (including phenoxy) is 1. The summed E-state index contributed by atoms with van der Waals surface area (Å²) in [7, 11) is 1.56. The second-order valence-corrected chi connectivity index (χ2v) is 5.00. The minimum Gasteiger partial charge on any atom is -0.480 e. The van der Waals surface area contributed by atoms with E-state index in [2.05, 4.69) is 4.98 Å². The number of aromatic nitrogens is 1. The zero-order valence-corrected chi connectivity index (χ0v) is 10.8. The molecule has 1 atom stereocenters. The number of aliphatic carboxylic acids is 1. The minimum absolute atomic E-state index is 0.306. The first-order chi connectivity index (χ1) is 8.63. The Morgan fingerprint density at radius 2 is 2.44 bits per heavy atom. The summed E-state index contributed by atoms with van der Waals surface area (Å²) < 4.78 is 4.93. The second kappa shape index (κ2) is 5.45. The van der Waals surface area contributed by atoms with Gasteiger partial charge >= 0.3 is 5.97 Å². The molecule has 98 valence electrons. The number of carboxylic acid groups (broad SMARTS) is 1. The predicted octanol–water partition coefficient (Wildman–Crippen LogP) is 0.979. The molecule has 1 amide bonds. The van der Waals surface area contributed by atoms with Gasteiger partial charge in [-0.15, -0.1) is 11.3 Å². The topological polar surface area (TPSA) is 79.7 Å². The van der Waals surface area contributed by atoms with E-state index >= 15 is 0 Å². The smallest absolute Gasteiger partial charge is 0.326 e. The summed E-state index contributed by atoms with van der Waals surface area (Å²) in [4.78, 5) is 28.7. The van der Waals surface area contributed by atoms with Crippen molar-refractivity contribution >= 4 is 23.2 Å². The molecule has 1 N–H and O–H groups in total.